The quantitative estimate of drug-likeness (QED) is 0.447. The number of amides is 2. The lowest BCUT2D eigenvalue weighted by atomic mass is 9.87. The van der Waals surface area contributed by atoms with E-state index in [2.05, 4.69) is 52.0 Å². The SMILES string of the molecule is COc1ccc(-n2nc(C(C)(C)C)c3c2N(CC(=O)N2CCCC2)C(=O)CS[C@H]3c2cccc(C)c2)cc1. The van der Waals surface area contributed by atoms with Gasteiger partial charge in [-0.05, 0) is 49.6 Å². The number of carbonyl (C=O) groups excluding carboxylic acids is 2. The number of methoxy groups -OCH3 is 1. The van der Waals surface area contributed by atoms with Crippen LogP contribution in [0.1, 0.15) is 61.2 Å². The fraction of sp³-hybridized carbons (Fsp3) is 0.433. The van der Waals surface area contributed by atoms with Crippen LogP contribution in [0.3, 0.4) is 0 Å². The molecule has 200 valence electrons. The summed E-state index contributed by atoms with van der Waals surface area (Å²) in [5, 5.41) is 5.07. The van der Waals surface area contributed by atoms with Crippen molar-refractivity contribution in [1.29, 1.82) is 0 Å². The van der Waals surface area contributed by atoms with Gasteiger partial charge >= 0.3 is 0 Å². The second-order valence-electron chi connectivity index (χ2n) is 11.1. The lowest BCUT2D eigenvalue weighted by Gasteiger charge is -2.26. The first-order valence-electron chi connectivity index (χ1n) is 13.2. The molecule has 2 amide bonds. The van der Waals surface area contributed by atoms with E-state index in [1.54, 1.807) is 23.8 Å². The summed E-state index contributed by atoms with van der Waals surface area (Å²) >= 11 is 1.62. The number of aromatic nitrogens is 2. The van der Waals surface area contributed by atoms with Crippen molar-refractivity contribution in [1.82, 2.24) is 14.7 Å². The summed E-state index contributed by atoms with van der Waals surface area (Å²) in [4.78, 5) is 30.7. The Bertz CT molecular complexity index is 1340. The van der Waals surface area contributed by atoms with Gasteiger partial charge in [0.15, 0.2) is 0 Å². The number of anilines is 1. The summed E-state index contributed by atoms with van der Waals surface area (Å²) in [6.45, 7) is 10.1. The molecule has 2 aromatic carbocycles. The number of hydrogen-bond donors (Lipinski definition) is 0. The van der Waals surface area contributed by atoms with E-state index < -0.39 is 0 Å². The van der Waals surface area contributed by atoms with E-state index >= 15 is 0 Å². The summed E-state index contributed by atoms with van der Waals surface area (Å²) in [5.41, 5.74) is 4.76. The number of likely N-dealkylation sites (tertiary alicyclic amines) is 1. The van der Waals surface area contributed by atoms with Gasteiger partial charge in [-0.2, -0.15) is 5.10 Å². The molecule has 2 aliphatic heterocycles. The standard InChI is InChI=1S/C30H36N4O3S/c1-20-9-8-10-21(17-20)27-26-28(30(2,3)4)31-34(22-11-13-23(37-5)14-12-22)29(26)33(25(36)19-38-27)18-24(35)32-15-6-7-16-32/h8-14,17,27H,6-7,15-16,18-19H2,1-5H3/t27-/m0/s1. The Balaban J connectivity index is 1.74. The lowest BCUT2D eigenvalue weighted by Crippen LogP contribution is -2.43. The zero-order chi connectivity index (χ0) is 27.0. The maximum absolute atomic E-state index is 13.8. The average molecular weight is 533 g/mol. The van der Waals surface area contributed by atoms with E-state index in [0.29, 0.717) is 5.82 Å². The molecular formula is C30H36N4O3S. The van der Waals surface area contributed by atoms with Crippen LogP contribution in [0.15, 0.2) is 48.5 Å². The molecule has 0 radical (unpaired) electrons. The predicted octanol–water partition coefficient (Wildman–Crippen LogP) is 5.28. The third kappa shape index (κ3) is 5.06. The Morgan fingerprint density at radius 2 is 1.82 bits per heavy atom. The van der Waals surface area contributed by atoms with Crippen molar-refractivity contribution in [2.24, 2.45) is 0 Å². The third-order valence-corrected chi connectivity index (χ3v) is 8.47. The molecule has 1 aromatic heterocycles. The first-order chi connectivity index (χ1) is 18.2. The first-order valence-corrected chi connectivity index (χ1v) is 14.3. The van der Waals surface area contributed by atoms with Crippen molar-refractivity contribution in [3.63, 3.8) is 0 Å². The van der Waals surface area contributed by atoms with Gasteiger partial charge in [0.1, 0.15) is 18.1 Å². The van der Waals surface area contributed by atoms with Crippen molar-refractivity contribution in [3.8, 4) is 11.4 Å². The summed E-state index contributed by atoms with van der Waals surface area (Å²) in [6, 6.07) is 16.2. The van der Waals surface area contributed by atoms with Crippen LogP contribution in [0.25, 0.3) is 5.69 Å². The number of thioether (sulfide) groups is 1. The minimum Gasteiger partial charge on any atom is -0.497 e. The highest BCUT2D eigenvalue weighted by Gasteiger charge is 2.40. The number of fused-ring (bicyclic) bond motifs is 1. The van der Waals surface area contributed by atoms with E-state index in [4.69, 9.17) is 9.84 Å². The van der Waals surface area contributed by atoms with Crippen LogP contribution in [0, 0.1) is 6.92 Å². The zero-order valence-electron chi connectivity index (χ0n) is 22.9. The first kappa shape index (κ1) is 26.4. The number of ether oxygens (including phenoxy) is 1. The molecule has 3 aromatic rings. The van der Waals surface area contributed by atoms with E-state index in [-0.39, 0.29) is 34.8 Å². The van der Waals surface area contributed by atoms with Gasteiger partial charge in [-0.15, -0.1) is 11.8 Å². The van der Waals surface area contributed by atoms with Crippen LogP contribution >= 0.6 is 11.8 Å². The van der Waals surface area contributed by atoms with Crippen molar-refractivity contribution >= 4 is 29.4 Å². The van der Waals surface area contributed by atoms with Crippen LogP contribution in [0.4, 0.5) is 5.82 Å². The molecule has 0 aliphatic carbocycles. The second-order valence-corrected chi connectivity index (χ2v) is 12.2. The normalized spacial score (nSPS) is 17.9. The minimum atomic E-state index is -0.289. The fourth-order valence-electron chi connectivity index (χ4n) is 5.27. The molecule has 1 atom stereocenters. The average Bonchev–Trinajstić information content (AvgIpc) is 3.54. The molecule has 2 aliphatic rings. The number of nitrogens with zero attached hydrogens (tertiary/aromatic N) is 4. The summed E-state index contributed by atoms with van der Waals surface area (Å²) < 4.78 is 7.24. The molecule has 5 rings (SSSR count). The second kappa shape index (κ2) is 10.5. The molecule has 7 nitrogen and oxygen atoms in total. The highest BCUT2D eigenvalue weighted by atomic mass is 32.2. The Kier molecular flexibility index (Phi) is 7.27. The van der Waals surface area contributed by atoms with Crippen molar-refractivity contribution < 1.29 is 14.3 Å². The van der Waals surface area contributed by atoms with E-state index in [1.807, 2.05) is 33.8 Å². The highest BCUT2D eigenvalue weighted by molar-refractivity contribution is 8.00. The van der Waals surface area contributed by atoms with Gasteiger partial charge in [0.2, 0.25) is 11.8 Å². The van der Waals surface area contributed by atoms with Gasteiger partial charge in [0, 0.05) is 24.1 Å². The predicted molar refractivity (Wildman–Crippen MR) is 152 cm³/mol. The molecule has 0 N–H and O–H groups in total. The largest absolute Gasteiger partial charge is 0.497 e. The van der Waals surface area contributed by atoms with Gasteiger partial charge < -0.3 is 9.64 Å². The third-order valence-electron chi connectivity index (χ3n) is 7.21. The molecule has 3 heterocycles. The molecule has 1 fully saturated rings. The number of aryl methyl sites for hydroxylation is 1. The smallest absolute Gasteiger partial charge is 0.242 e. The van der Waals surface area contributed by atoms with Crippen LogP contribution in [0.2, 0.25) is 0 Å². The molecular weight excluding hydrogens is 496 g/mol. The minimum absolute atomic E-state index is 0.0123. The van der Waals surface area contributed by atoms with Crippen LogP contribution < -0.4 is 9.64 Å². The van der Waals surface area contributed by atoms with Crippen LogP contribution in [-0.2, 0) is 15.0 Å². The number of hydrogen-bond acceptors (Lipinski definition) is 5. The van der Waals surface area contributed by atoms with Gasteiger partial charge in [-0.1, -0.05) is 50.6 Å². The summed E-state index contributed by atoms with van der Waals surface area (Å²) in [6.07, 6.45) is 2.02. The topological polar surface area (TPSA) is 67.7 Å². The van der Waals surface area contributed by atoms with Gasteiger partial charge in [-0.3, -0.25) is 14.5 Å². The molecule has 8 heteroatoms. The number of carbonyl (C=O) groups is 2. The molecule has 0 saturated carbocycles. The highest BCUT2D eigenvalue weighted by Crippen LogP contribution is 2.48. The van der Waals surface area contributed by atoms with Crippen LogP contribution in [0.5, 0.6) is 5.75 Å². The van der Waals surface area contributed by atoms with Gasteiger partial charge in [0.05, 0.1) is 29.5 Å². The maximum Gasteiger partial charge on any atom is 0.242 e. The summed E-state index contributed by atoms with van der Waals surface area (Å²) in [5.74, 6) is 1.63. The van der Waals surface area contributed by atoms with Crippen LogP contribution in [-0.4, -0.2) is 59.0 Å². The van der Waals surface area contributed by atoms with Crippen molar-refractivity contribution in [2.45, 2.75) is 51.2 Å². The summed E-state index contributed by atoms with van der Waals surface area (Å²) in [7, 11) is 1.64. The molecule has 0 unspecified atom stereocenters. The Hall–Kier alpha value is -3.26. The molecule has 38 heavy (non-hydrogen) atoms. The zero-order valence-corrected chi connectivity index (χ0v) is 23.7. The monoisotopic (exact) mass is 532 g/mol. The Labute approximate surface area is 229 Å². The van der Waals surface area contributed by atoms with Crippen molar-refractivity contribution in [3.05, 3.63) is 70.9 Å². The Morgan fingerprint density at radius 3 is 2.45 bits per heavy atom. The maximum atomic E-state index is 13.8. The Morgan fingerprint density at radius 1 is 1.11 bits per heavy atom. The van der Waals surface area contributed by atoms with E-state index in [1.165, 1.54) is 5.56 Å². The fourth-order valence-corrected chi connectivity index (χ4v) is 6.46. The molecule has 1 saturated heterocycles. The molecule has 0 spiro atoms. The lowest BCUT2D eigenvalue weighted by molar-refractivity contribution is -0.130. The number of benzene rings is 2. The van der Waals surface area contributed by atoms with Gasteiger partial charge in [-0.25, -0.2) is 4.68 Å². The molecule has 0 bridgehead atoms. The van der Waals surface area contributed by atoms with Crippen molar-refractivity contribution in [2.75, 3.05) is 37.4 Å². The number of rotatable bonds is 5. The van der Waals surface area contributed by atoms with E-state index in [0.717, 1.165) is 54.2 Å². The van der Waals surface area contributed by atoms with E-state index in [9.17, 15) is 9.59 Å². The van der Waals surface area contributed by atoms with Gasteiger partial charge in [0.25, 0.3) is 0 Å².